The number of rotatable bonds is 7. The van der Waals surface area contributed by atoms with E-state index in [-0.39, 0.29) is 9.92 Å². The summed E-state index contributed by atoms with van der Waals surface area (Å²) < 4.78 is 40.3. The van der Waals surface area contributed by atoms with E-state index in [0.29, 0.717) is 28.9 Å². The lowest BCUT2D eigenvalue weighted by molar-refractivity contribution is 0.414. The fourth-order valence-electron chi connectivity index (χ4n) is 3.16. The Hall–Kier alpha value is -3.63. The second kappa shape index (κ2) is 9.32. The lowest BCUT2D eigenvalue weighted by Gasteiger charge is -2.11. The van der Waals surface area contributed by atoms with Gasteiger partial charge in [-0.3, -0.25) is 4.72 Å². The van der Waals surface area contributed by atoms with Gasteiger partial charge in [0.15, 0.2) is 5.82 Å². The maximum atomic E-state index is 12.7. The molecule has 2 aromatic carbocycles. The van der Waals surface area contributed by atoms with Gasteiger partial charge in [-0.1, -0.05) is 11.6 Å². The summed E-state index contributed by atoms with van der Waals surface area (Å²) in [5, 5.41) is 13.0. The highest BCUT2D eigenvalue weighted by Gasteiger charge is 2.16. The Morgan fingerprint density at radius 3 is 2.26 bits per heavy atom. The van der Waals surface area contributed by atoms with Crippen LogP contribution in [0.15, 0.2) is 59.5 Å². The van der Waals surface area contributed by atoms with Crippen molar-refractivity contribution in [3.8, 4) is 23.2 Å². The first-order valence-electron chi connectivity index (χ1n) is 10.2. The van der Waals surface area contributed by atoms with Crippen molar-refractivity contribution < 1.29 is 17.9 Å². The number of benzene rings is 2. The lowest BCUT2D eigenvalue weighted by atomic mass is 10.2. The summed E-state index contributed by atoms with van der Waals surface area (Å²) in [6.07, 6.45) is 0. The standard InChI is InChI=1S/C23H22ClN5O4S/c1-14-15(2)27-29(16(14)3)22-11-12-23(26-25-22)33-18-7-5-17(6-8-18)28-34(30,31)19-9-10-21(32-4)20(24)13-19/h5-13,28H,1-4H3. The van der Waals surface area contributed by atoms with E-state index in [0.717, 1.165) is 17.0 Å². The molecule has 1 N–H and O–H groups in total. The Kier molecular flexibility index (Phi) is 6.45. The summed E-state index contributed by atoms with van der Waals surface area (Å²) in [4.78, 5) is 0.0202. The van der Waals surface area contributed by atoms with Crippen molar-refractivity contribution in [1.29, 1.82) is 0 Å². The number of aryl methyl sites for hydroxylation is 1. The van der Waals surface area contributed by atoms with Crippen molar-refractivity contribution in [2.75, 3.05) is 11.8 Å². The minimum absolute atomic E-state index is 0.0202. The second-order valence-corrected chi connectivity index (χ2v) is 9.56. The third-order valence-electron chi connectivity index (χ3n) is 5.26. The van der Waals surface area contributed by atoms with Crippen LogP contribution in [0.2, 0.25) is 5.02 Å². The number of methoxy groups -OCH3 is 1. The van der Waals surface area contributed by atoms with Crippen molar-refractivity contribution in [2.45, 2.75) is 25.7 Å². The molecule has 11 heteroatoms. The molecule has 2 heterocycles. The van der Waals surface area contributed by atoms with Gasteiger partial charge in [0, 0.05) is 17.4 Å². The quantitative estimate of drug-likeness (QED) is 0.387. The number of hydrogen-bond acceptors (Lipinski definition) is 7. The van der Waals surface area contributed by atoms with Gasteiger partial charge in [-0.05, 0) is 74.9 Å². The molecule has 0 spiro atoms. The minimum atomic E-state index is -3.83. The predicted molar refractivity (Wildman–Crippen MR) is 129 cm³/mol. The van der Waals surface area contributed by atoms with Crippen molar-refractivity contribution in [3.63, 3.8) is 0 Å². The summed E-state index contributed by atoms with van der Waals surface area (Å²) in [5.74, 6) is 1.75. The first kappa shape index (κ1) is 23.5. The van der Waals surface area contributed by atoms with E-state index in [1.165, 1.54) is 25.3 Å². The molecule has 4 aromatic rings. The molecule has 34 heavy (non-hydrogen) atoms. The number of nitrogens with zero attached hydrogens (tertiary/aromatic N) is 4. The number of ether oxygens (including phenoxy) is 2. The number of aromatic nitrogens is 4. The van der Waals surface area contributed by atoms with E-state index in [9.17, 15) is 8.42 Å². The fourth-order valence-corrected chi connectivity index (χ4v) is 4.57. The van der Waals surface area contributed by atoms with Gasteiger partial charge in [0.25, 0.3) is 10.0 Å². The van der Waals surface area contributed by atoms with Gasteiger partial charge in [-0.25, -0.2) is 13.1 Å². The molecule has 2 aromatic heterocycles. The molecule has 0 aliphatic heterocycles. The lowest BCUT2D eigenvalue weighted by Crippen LogP contribution is -2.12. The first-order valence-corrected chi connectivity index (χ1v) is 12.1. The van der Waals surface area contributed by atoms with Crippen LogP contribution in [0.1, 0.15) is 17.0 Å². The first-order chi connectivity index (χ1) is 16.2. The van der Waals surface area contributed by atoms with Gasteiger partial charge in [-0.2, -0.15) is 5.10 Å². The Labute approximate surface area is 202 Å². The molecule has 0 saturated carbocycles. The van der Waals surface area contributed by atoms with Crippen LogP contribution < -0.4 is 14.2 Å². The molecule has 4 rings (SSSR count). The highest BCUT2D eigenvalue weighted by molar-refractivity contribution is 7.92. The number of nitrogens with one attached hydrogen (secondary N) is 1. The fraction of sp³-hybridized carbons (Fsp3) is 0.174. The Balaban J connectivity index is 1.44. The van der Waals surface area contributed by atoms with E-state index in [1.807, 2.05) is 20.8 Å². The topological polar surface area (TPSA) is 108 Å². The number of sulfonamides is 1. The van der Waals surface area contributed by atoms with E-state index in [2.05, 4.69) is 20.0 Å². The van der Waals surface area contributed by atoms with Crippen LogP contribution in [-0.2, 0) is 10.0 Å². The Morgan fingerprint density at radius 2 is 1.71 bits per heavy atom. The second-order valence-electron chi connectivity index (χ2n) is 7.47. The van der Waals surface area contributed by atoms with E-state index in [4.69, 9.17) is 21.1 Å². The van der Waals surface area contributed by atoms with Crippen molar-refractivity contribution >= 4 is 27.3 Å². The maximum absolute atomic E-state index is 12.7. The van der Waals surface area contributed by atoms with Gasteiger partial charge in [0.2, 0.25) is 5.88 Å². The monoisotopic (exact) mass is 499 g/mol. The van der Waals surface area contributed by atoms with Crippen LogP contribution in [0.3, 0.4) is 0 Å². The van der Waals surface area contributed by atoms with Crippen molar-refractivity contribution in [1.82, 2.24) is 20.0 Å². The highest BCUT2D eigenvalue weighted by atomic mass is 35.5. The zero-order valence-electron chi connectivity index (χ0n) is 18.9. The van der Waals surface area contributed by atoms with Crippen LogP contribution >= 0.6 is 11.6 Å². The average Bonchev–Trinajstić information content (AvgIpc) is 3.08. The van der Waals surface area contributed by atoms with Crippen molar-refractivity contribution in [2.24, 2.45) is 0 Å². The number of halogens is 1. The van der Waals surface area contributed by atoms with Gasteiger partial charge in [-0.15, -0.1) is 10.2 Å². The molecule has 0 amide bonds. The van der Waals surface area contributed by atoms with Crippen LogP contribution in [0.5, 0.6) is 17.4 Å². The smallest absolute Gasteiger partial charge is 0.261 e. The minimum Gasteiger partial charge on any atom is -0.495 e. The van der Waals surface area contributed by atoms with Crippen LogP contribution in [0, 0.1) is 20.8 Å². The third-order valence-corrected chi connectivity index (χ3v) is 6.93. The Morgan fingerprint density at radius 1 is 0.971 bits per heavy atom. The largest absolute Gasteiger partial charge is 0.495 e. The summed E-state index contributed by atoms with van der Waals surface area (Å²) in [6.45, 7) is 5.93. The molecule has 0 atom stereocenters. The van der Waals surface area contributed by atoms with Gasteiger partial charge >= 0.3 is 0 Å². The number of hydrogen-bond donors (Lipinski definition) is 1. The molecule has 0 fully saturated rings. The van der Waals surface area contributed by atoms with Gasteiger partial charge in [0.05, 0.1) is 22.7 Å². The van der Waals surface area contributed by atoms with Gasteiger partial charge < -0.3 is 9.47 Å². The maximum Gasteiger partial charge on any atom is 0.261 e. The Bertz CT molecular complexity index is 1440. The van der Waals surface area contributed by atoms with E-state index < -0.39 is 10.0 Å². The van der Waals surface area contributed by atoms with Crippen LogP contribution in [0.25, 0.3) is 5.82 Å². The third kappa shape index (κ3) is 4.82. The SMILES string of the molecule is COc1ccc(S(=O)(=O)Nc2ccc(Oc3ccc(-n4nc(C)c(C)c4C)nn3)cc2)cc1Cl. The summed E-state index contributed by atoms with van der Waals surface area (Å²) in [6, 6.07) is 14.1. The molecule has 0 aliphatic carbocycles. The zero-order valence-corrected chi connectivity index (χ0v) is 20.5. The number of anilines is 1. The summed E-state index contributed by atoms with van der Waals surface area (Å²) >= 11 is 6.05. The normalized spacial score (nSPS) is 11.3. The van der Waals surface area contributed by atoms with Gasteiger partial charge in [0.1, 0.15) is 11.5 Å². The van der Waals surface area contributed by atoms with E-state index >= 15 is 0 Å². The van der Waals surface area contributed by atoms with Crippen LogP contribution in [-0.4, -0.2) is 35.5 Å². The molecule has 0 saturated heterocycles. The highest BCUT2D eigenvalue weighted by Crippen LogP contribution is 2.28. The molecule has 0 radical (unpaired) electrons. The average molecular weight is 500 g/mol. The molecule has 176 valence electrons. The van der Waals surface area contributed by atoms with Crippen molar-refractivity contribution in [3.05, 3.63) is 76.6 Å². The summed E-state index contributed by atoms with van der Waals surface area (Å²) in [5.41, 5.74) is 3.40. The predicted octanol–water partition coefficient (Wildman–Crippen LogP) is 4.84. The summed E-state index contributed by atoms with van der Waals surface area (Å²) in [7, 11) is -2.37. The molecule has 0 aliphatic rings. The molecule has 0 unspecified atom stereocenters. The molecule has 9 nitrogen and oxygen atoms in total. The molecular weight excluding hydrogens is 478 g/mol. The van der Waals surface area contributed by atoms with Crippen LogP contribution in [0.4, 0.5) is 5.69 Å². The molecule has 0 bridgehead atoms. The zero-order chi connectivity index (χ0) is 24.5. The van der Waals surface area contributed by atoms with E-state index in [1.54, 1.807) is 41.1 Å². The molecular formula is C23H22ClN5O4S.